The van der Waals surface area contributed by atoms with Crippen molar-refractivity contribution >= 4 is 21.5 Å². The van der Waals surface area contributed by atoms with Crippen molar-refractivity contribution in [1.29, 1.82) is 0 Å². The van der Waals surface area contributed by atoms with Crippen LogP contribution in [-0.2, 0) is 9.84 Å². The van der Waals surface area contributed by atoms with Crippen LogP contribution in [0.4, 0.5) is 5.69 Å². The molecule has 7 nitrogen and oxygen atoms in total. The van der Waals surface area contributed by atoms with Gasteiger partial charge in [-0.2, -0.15) is 0 Å². The summed E-state index contributed by atoms with van der Waals surface area (Å²) in [7, 11) is -1.21. The molecule has 0 spiro atoms. The highest BCUT2D eigenvalue weighted by Gasteiger charge is 2.28. The standard InChI is InChI=1S/C19H30N4O3S/c1-3-20-19(22-16-8-10-27(24,25)14-16)21-12-15-7-9-23(13-15)17-5-4-6-18(11-17)26-2/h4-6,11,15-16H,3,7-10,12-14H2,1-2H3,(H2,20,21,22). The second-order valence-corrected chi connectivity index (χ2v) is 9.49. The molecule has 2 N–H and O–H groups in total. The van der Waals surface area contributed by atoms with Crippen molar-refractivity contribution in [1.82, 2.24) is 10.6 Å². The van der Waals surface area contributed by atoms with Crippen LogP contribution in [0.1, 0.15) is 19.8 Å². The number of sulfone groups is 1. The van der Waals surface area contributed by atoms with Crippen molar-refractivity contribution < 1.29 is 13.2 Å². The molecule has 2 aliphatic rings. The Kier molecular flexibility index (Phi) is 6.46. The van der Waals surface area contributed by atoms with Crippen LogP contribution in [0.15, 0.2) is 29.3 Å². The van der Waals surface area contributed by atoms with E-state index in [1.165, 1.54) is 5.69 Å². The molecule has 0 saturated carbocycles. The molecule has 2 atom stereocenters. The van der Waals surface area contributed by atoms with Gasteiger partial charge in [-0.25, -0.2) is 8.42 Å². The lowest BCUT2D eigenvalue weighted by Crippen LogP contribution is -2.44. The van der Waals surface area contributed by atoms with Crippen molar-refractivity contribution in [3.8, 4) is 5.75 Å². The quantitative estimate of drug-likeness (QED) is 0.558. The van der Waals surface area contributed by atoms with Gasteiger partial charge in [-0.15, -0.1) is 0 Å². The summed E-state index contributed by atoms with van der Waals surface area (Å²) in [5, 5.41) is 6.52. The number of hydrogen-bond acceptors (Lipinski definition) is 5. The van der Waals surface area contributed by atoms with Gasteiger partial charge in [-0.3, -0.25) is 4.99 Å². The Balaban J connectivity index is 1.55. The molecule has 0 aliphatic carbocycles. The van der Waals surface area contributed by atoms with Gasteiger partial charge in [-0.05, 0) is 37.8 Å². The number of nitrogens with zero attached hydrogens (tertiary/aromatic N) is 2. The first-order valence-electron chi connectivity index (χ1n) is 9.63. The van der Waals surface area contributed by atoms with Crippen LogP contribution in [-0.4, -0.2) is 65.2 Å². The average Bonchev–Trinajstić information content (AvgIpc) is 3.26. The van der Waals surface area contributed by atoms with E-state index in [-0.39, 0.29) is 17.5 Å². The average molecular weight is 395 g/mol. The molecule has 0 aromatic heterocycles. The maximum atomic E-state index is 11.6. The fourth-order valence-electron chi connectivity index (χ4n) is 3.67. The zero-order valence-corrected chi connectivity index (χ0v) is 17.0. The molecule has 2 unspecified atom stereocenters. The zero-order valence-electron chi connectivity index (χ0n) is 16.1. The molecular weight excluding hydrogens is 364 g/mol. The Morgan fingerprint density at radius 2 is 2.22 bits per heavy atom. The predicted molar refractivity (Wildman–Crippen MR) is 109 cm³/mol. The SMILES string of the molecule is CCNC(=NCC1CCN(c2cccc(OC)c2)C1)NC1CCS(=O)(=O)C1. The summed E-state index contributed by atoms with van der Waals surface area (Å²) in [5.74, 6) is 2.55. The molecular formula is C19H30N4O3S. The van der Waals surface area contributed by atoms with Crippen LogP contribution in [0, 0.1) is 5.92 Å². The molecule has 27 heavy (non-hydrogen) atoms. The number of methoxy groups -OCH3 is 1. The maximum absolute atomic E-state index is 11.6. The van der Waals surface area contributed by atoms with Gasteiger partial charge in [0.05, 0.1) is 18.6 Å². The number of nitrogens with one attached hydrogen (secondary N) is 2. The van der Waals surface area contributed by atoms with Gasteiger partial charge in [0, 0.05) is 44.0 Å². The molecule has 1 aromatic rings. The second-order valence-electron chi connectivity index (χ2n) is 7.27. The minimum Gasteiger partial charge on any atom is -0.497 e. The van der Waals surface area contributed by atoms with Crippen molar-refractivity contribution in [3.05, 3.63) is 24.3 Å². The van der Waals surface area contributed by atoms with Crippen LogP contribution in [0.5, 0.6) is 5.75 Å². The Bertz CT molecular complexity index is 766. The topological polar surface area (TPSA) is 83.0 Å². The fraction of sp³-hybridized carbons (Fsp3) is 0.632. The summed E-state index contributed by atoms with van der Waals surface area (Å²) in [4.78, 5) is 7.08. The summed E-state index contributed by atoms with van der Waals surface area (Å²) < 4.78 is 28.6. The van der Waals surface area contributed by atoms with Crippen molar-refractivity contribution in [2.45, 2.75) is 25.8 Å². The van der Waals surface area contributed by atoms with E-state index in [1.807, 2.05) is 19.1 Å². The van der Waals surface area contributed by atoms with Gasteiger partial charge in [0.25, 0.3) is 0 Å². The molecule has 150 valence electrons. The minimum absolute atomic E-state index is 0.0374. The molecule has 0 amide bonds. The first-order valence-corrected chi connectivity index (χ1v) is 11.5. The van der Waals surface area contributed by atoms with E-state index < -0.39 is 9.84 Å². The molecule has 2 aliphatic heterocycles. The van der Waals surface area contributed by atoms with E-state index in [0.29, 0.717) is 12.3 Å². The molecule has 0 bridgehead atoms. The Morgan fingerprint density at radius 3 is 2.93 bits per heavy atom. The first-order chi connectivity index (χ1) is 13.0. The maximum Gasteiger partial charge on any atom is 0.191 e. The lowest BCUT2D eigenvalue weighted by Gasteiger charge is -2.19. The van der Waals surface area contributed by atoms with Crippen molar-refractivity contribution in [2.24, 2.45) is 10.9 Å². The third kappa shape index (κ3) is 5.51. The van der Waals surface area contributed by atoms with Crippen LogP contribution >= 0.6 is 0 Å². The van der Waals surface area contributed by atoms with Gasteiger partial charge in [0.2, 0.25) is 0 Å². The van der Waals surface area contributed by atoms with E-state index in [9.17, 15) is 8.42 Å². The number of anilines is 1. The molecule has 2 fully saturated rings. The van der Waals surface area contributed by atoms with Crippen molar-refractivity contribution in [3.63, 3.8) is 0 Å². The Hall–Kier alpha value is -1.96. The third-order valence-corrected chi connectivity index (χ3v) is 6.90. The molecule has 2 heterocycles. The van der Waals surface area contributed by atoms with Crippen LogP contribution in [0.2, 0.25) is 0 Å². The van der Waals surface area contributed by atoms with E-state index in [1.54, 1.807) is 7.11 Å². The smallest absolute Gasteiger partial charge is 0.191 e. The van der Waals surface area contributed by atoms with E-state index in [0.717, 1.165) is 44.3 Å². The highest BCUT2D eigenvalue weighted by molar-refractivity contribution is 7.91. The highest BCUT2D eigenvalue weighted by atomic mass is 32.2. The van der Waals surface area contributed by atoms with Gasteiger partial charge in [-0.1, -0.05) is 6.07 Å². The number of aliphatic imine (C=N–C) groups is 1. The number of benzene rings is 1. The molecule has 0 radical (unpaired) electrons. The molecule has 1 aromatic carbocycles. The fourth-order valence-corrected chi connectivity index (χ4v) is 5.34. The monoisotopic (exact) mass is 394 g/mol. The summed E-state index contributed by atoms with van der Waals surface area (Å²) >= 11 is 0. The predicted octanol–water partition coefficient (Wildman–Crippen LogP) is 1.26. The van der Waals surface area contributed by atoms with Gasteiger partial charge in [0.1, 0.15) is 5.75 Å². The highest BCUT2D eigenvalue weighted by Crippen LogP contribution is 2.27. The molecule has 3 rings (SSSR count). The minimum atomic E-state index is -2.89. The number of rotatable bonds is 6. The third-order valence-electron chi connectivity index (χ3n) is 5.13. The lowest BCUT2D eigenvalue weighted by molar-refractivity contribution is 0.415. The van der Waals surface area contributed by atoms with Crippen molar-refractivity contribution in [2.75, 3.05) is 49.7 Å². The van der Waals surface area contributed by atoms with Crippen LogP contribution in [0.3, 0.4) is 0 Å². The van der Waals surface area contributed by atoms with E-state index >= 15 is 0 Å². The Morgan fingerprint density at radius 1 is 1.37 bits per heavy atom. The van der Waals surface area contributed by atoms with Gasteiger partial charge < -0.3 is 20.3 Å². The molecule has 8 heteroatoms. The molecule has 2 saturated heterocycles. The van der Waals surface area contributed by atoms with Crippen LogP contribution < -0.4 is 20.3 Å². The van der Waals surface area contributed by atoms with E-state index in [4.69, 9.17) is 9.73 Å². The zero-order chi connectivity index (χ0) is 19.3. The lowest BCUT2D eigenvalue weighted by atomic mass is 10.1. The number of ether oxygens (including phenoxy) is 1. The van der Waals surface area contributed by atoms with Crippen LogP contribution in [0.25, 0.3) is 0 Å². The Labute approximate surface area is 162 Å². The first kappa shape index (κ1) is 19.8. The van der Waals surface area contributed by atoms with E-state index in [2.05, 4.69) is 27.7 Å². The summed E-state index contributed by atoms with van der Waals surface area (Å²) in [5.41, 5.74) is 1.18. The number of hydrogen-bond donors (Lipinski definition) is 2. The van der Waals surface area contributed by atoms with Gasteiger partial charge in [0.15, 0.2) is 15.8 Å². The summed E-state index contributed by atoms with van der Waals surface area (Å²) in [6, 6.07) is 8.11. The second kappa shape index (κ2) is 8.82. The number of guanidine groups is 1. The largest absolute Gasteiger partial charge is 0.497 e. The summed E-state index contributed by atoms with van der Waals surface area (Å²) in [6.07, 6.45) is 1.75. The summed E-state index contributed by atoms with van der Waals surface area (Å²) in [6.45, 7) is 5.48. The van der Waals surface area contributed by atoms with Gasteiger partial charge >= 0.3 is 0 Å². The normalized spacial score (nSPS) is 24.8.